The van der Waals surface area contributed by atoms with Gasteiger partial charge in [0.25, 0.3) is 11.5 Å². The molecule has 6 nitrogen and oxygen atoms in total. The molecular formula is C28H27N3O3S. The lowest BCUT2D eigenvalue weighted by molar-refractivity contribution is 0.0737. The summed E-state index contributed by atoms with van der Waals surface area (Å²) in [6.45, 7) is 2.40. The van der Waals surface area contributed by atoms with Gasteiger partial charge in [-0.15, -0.1) is 11.3 Å². The van der Waals surface area contributed by atoms with Gasteiger partial charge in [0, 0.05) is 67.1 Å². The summed E-state index contributed by atoms with van der Waals surface area (Å²) in [6.07, 6.45) is 6.65. The van der Waals surface area contributed by atoms with E-state index in [0.29, 0.717) is 37.6 Å². The van der Waals surface area contributed by atoms with Gasteiger partial charge in [-0.05, 0) is 59.5 Å². The first kappa shape index (κ1) is 22.2. The highest BCUT2D eigenvalue weighted by atomic mass is 32.1. The van der Waals surface area contributed by atoms with Crippen LogP contribution < -0.4 is 5.56 Å². The molecule has 7 heteroatoms. The Bertz CT molecular complexity index is 1480. The molecule has 0 spiro atoms. The van der Waals surface area contributed by atoms with E-state index in [9.17, 15) is 9.59 Å². The Balaban J connectivity index is 1.41. The molecule has 1 aliphatic heterocycles. The average Bonchev–Trinajstić information content (AvgIpc) is 3.59. The molecule has 6 rings (SSSR count). The van der Waals surface area contributed by atoms with Gasteiger partial charge >= 0.3 is 0 Å². The Labute approximate surface area is 207 Å². The molecule has 1 aromatic carbocycles. The minimum atomic E-state index is 0.0423. The van der Waals surface area contributed by atoms with Gasteiger partial charge in [-0.3, -0.25) is 14.6 Å². The lowest BCUT2D eigenvalue weighted by atomic mass is 9.96. The molecule has 0 bridgehead atoms. The predicted octanol–water partition coefficient (Wildman–Crippen LogP) is 4.88. The monoisotopic (exact) mass is 485 g/mol. The zero-order valence-corrected chi connectivity index (χ0v) is 20.5. The Morgan fingerprint density at radius 2 is 2.06 bits per heavy atom. The summed E-state index contributed by atoms with van der Waals surface area (Å²) in [5, 5.41) is 2.03. The van der Waals surface area contributed by atoms with Crippen molar-refractivity contribution < 1.29 is 9.53 Å². The van der Waals surface area contributed by atoms with Crippen LogP contribution in [0.2, 0.25) is 0 Å². The summed E-state index contributed by atoms with van der Waals surface area (Å²) in [4.78, 5) is 35.0. The number of rotatable bonds is 6. The minimum absolute atomic E-state index is 0.0423. The van der Waals surface area contributed by atoms with E-state index < -0.39 is 0 Å². The smallest absolute Gasteiger partial charge is 0.264 e. The molecule has 35 heavy (non-hydrogen) atoms. The van der Waals surface area contributed by atoms with Crippen LogP contribution >= 0.6 is 11.3 Å². The summed E-state index contributed by atoms with van der Waals surface area (Å²) in [5.41, 5.74) is 3.85. The van der Waals surface area contributed by atoms with Crippen molar-refractivity contribution in [3.8, 4) is 11.1 Å². The number of hydrogen-bond donors (Lipinski definition) is 0. The minimum Gasteiger partial charge on any atom is -0.379 e. The number of nitrogens with zero attached hydrogens (tertiary/aromatic N) is 3. The number of methoxy groups -OCH3 is 1. The maximum Gasteiger partial charge on any atom is 0.264 e. The molecule has 178 valence electrons. The van der Waals surface area contributed by atoms with Crippen molar-refractivity contribution in [3.05, 3.63) is 86.2 Å². The first-order chi connectivity index (χ1) is 17.1. The number of pyridine rings is 2. The lowest BCUT2D eigenvalue weighted by Crippen LogP contribution is -2.39. The molecule has 0 atom stereocenters. The van der Waals surface area contributed by atoms with E-state index in [1.54, 1.807) is 13.3 Å². The van der Waals surface area contributed by atoms with Crippen LogP contribution in [0, 0.1) is 5.92 Å². The van der Waals surface area contributed by atoms with Gasteiger partial charge in [0.1, 0.15) is 0 Å². The van der Waals surface area contributed by atoms with E-state index in [-0.39, 0.29) is 11.5 Å². The number of fused-ring (bicyclic) bond motifs is 2. The van der Waals surface area contributed by atoms with Gasteiger partial charge in [0.2, 0.25) is 0 Å². The molecule has 0 N–H and O–H groups in total. The van der Waals surface area contributed by atoms with Crippen molar-refractivity contribution in [2.45, 2.75) is 39.0 Å². The molecule has 1 aliphatic carbocycles. The normalized spacial score (nSPS) is 15.4. The third kappa shape index (κ3) is 4.19. The van der Waals surface area contributed by atoms with Crippen LogP contribution in [0.5, 0.6) is 0 Å². The van der Waals surface area contributed by atoms with Gasteiger partial charge in [0.15, 0.2) is 0 Å². The van der Waals surface area contributed by atoms with E-state index in [1.807, 2.05) is 58.1 Å². The van der Waals surface area contributed by atoms with Crippen molar-refractivity contribution in [3.63, 3.8) is 0 Å². The van der Waals surface area contributed by atoms with E-state index in [4.69, 9.17) is 4.74 Å². The topological polar surface area (TPSA) is 64.4 Å². The number of hydrogen-bond acceptors (Lipinski definition) is 5. The zero-order valence-electron chi connectivity index (χ0n) is 19.7. The highest BCUT2D eigenvalue weighted by Gasteiger charge is 2.29. The van der Waals surface area contributed by atoms with Gasteiger partial charge in [-0.2, -0.15) is 0 Å². The highest BCUT2D eigenvalue weighted by molar-refractivity contribution is 7.14. The SMILES string of the molecule is COCc1ccc(C(=O)N2CCc3c(cc(-c4cccc5cnccc45)c(=O)n3CC3CC3)C2)s1. The largest absolute Gasteiger partial charge is 0.379 e. The third-order valence-corrected chi connectivity index (χ3v) is 8.07. The highest BCUT2D eigenvalue weighted by Crippen LogP contribution is 2.34. The van der Waals surface area contributed by atoms with Crippen molar-refractivity contribution in [1.82, 2.24) is 14.5 Å². The number of aromatic nitrogens is 2. The summed E-state index contributed by atoms with van der Waals surface area (Å²) < 4.78 is 7.21. The quantitative estimate of drug-likeness (QED) is 0.391. The number of benzene rings is 1. The third-order valence-electron chi connectivity index (χ3n) is 7.03. The van der Waals surface area contributed by atoms with Crippen molar-refractivity contribution in [1.29, 1.82) is 0 Å². The number of thiophene rings is 1. The maximum atomic E-state index is 13.8. The number of amides is 1. The standard InChI is InChI=1S/C28H27N3O3S/c1-34-17-21-7-8-26(35-21)28(33)30-12-10-25-20(16-30)13-24(27(32)31(25)15-18-5-6-18)23-4-2-3-19-14-29-11-9-22(19)23/h2-4,7-9,11,13-14,18H,5-6,10,12,15-17H2,1H3. The number of ether oxygens (including phenoxy) is 1. The second kappa shape index (κ2) is 9.06. The van der Waals surface area contributed by atoms with Crippen LogP contribution in [-0.4, -0.2) is 34.0 Å². The van der Waals surface area contributed by atoms with E-state index >= 15 is 0 Å². The van der Waals surface area contributed by atoms with Crippen LogP contribution in [0.4, 0.5) is 0 Å². The fourth-order valence-corrected chi connectivity index (χ4v) is 6.01. The predicted molar refractivity (Wildman–Crippen MR) is 138 cm³/mol. The maximum absolute atomic E-state index is 13.8. The molecule has 0 unspecified atom stereocenters. The van der Waals surface area contributed by atoms with E-state index in [2.05, 4.69) is 4.98 Å². The Morgan fingerprint density at radius 1 is 1.17 bits per heavy atom. The van der Waals surface area contributed by atoms with E-state index in [1.165, 1.54) is 24.2 Å². The van der Waals surface area contributed by atoms with Gasteiger partial charge in [-0.1, -0.05) is 18.2 Å². The second-order valence-electron chi connectivity index (χ2n) is 9.47. The summed E-state index contributed by atoms with van der Waals surface area (Å²) >= 11 is 1.49. The second-order valence-corrected chi connectivity index (χ2v) is 10.6. The fourth-order valence-electron chi connectivity index (χ4n) is 5.06. The number of carbonyl (C=O) groups is 1. The van der Waals surface area contributed by atoms with Crippen LogP contribution in [-0.2, 0) is 30.9 Å². The fraction of sp³-hybridized carbons (Fsp3) is 0.321. The first-order valence-electron chi connectivity index (χ1n) is 12.1. The molecule has 0 radical (unpaired) electrons. The van der Waals surface area contributed by atoms with Crippen LogP contribution in [0.15, 0.2) is 59.7 Å². The van der Waals surface area contributed by atoms with Crippen molar-refractivity contribution in [2.24, 2.45) is 5.92 Å². The summed E-state index contributed by atoms with van der Waals surface area (Å²) in [5.74, 6) is 0.620. The van der Waals surface area contributed by atoms with Crippen molar-refractivity contribution in [2.75, 3.05) is 13.7 Å². The lowest BCUT2D eigenvalue weighted by Gasteiger charge is -2.31. The Morgan fingerprint density at radius 3 is 2.89 bits per heavy atom. The average molecular weight is 486 g/mol. The Kier molecular flexibility index (Phi) is 5.74. The molecule has 2 aliphatic rings. The van der Waals surface area contributed by atoms with Gasteiger partial charge in [0.05, 0.1) is 11.5 Å². The van der Waals surface area contributed by atoms with Crippen molar-refractivity contribution >= 4 is 28.0 Å². The van der Waals surface area contributed by atoms with Gasteiger partial charge in [-0.25, -0.2) is 0 Å². The van der Waals surface area contributed by atoms with Crippen LogP contribution in [0.25, 0.3) is 21.9 Å². The zero-order chi connectivity index (χ0) is 23.9. The molecular weight excluding hydrogens is 458 g/mol. The molecule has 3 aromatic heterocycles. The molecule has 1 fully saturated rings. The van der Waals surface area contributed by atoms with Crippen LogP contribution in [0.3, 0.4) is 0 Å². The number of carbonyl (C=O) groups excluding carboxylic acids is 1. The summed E-state index contributed by atoms with van der Waals surface area (Å²) in [6, 6.07) is 13.9. The Hall–Kier alpha value is -3.29. The van der Waals surface area contributed by atoms with Crippen LogP contribution in [0.1, 0.15) is 38.6 Å². The molecule has 4 heterocycles. The van der Waals surface area contributed by atoms with Gasteiger partial charge < -0.3 is 14.2 Å². The summed E-state index contributed by atoms with van der Waals surface area (Å²) in [7, 11) is 1.66. The van der Waals surface area contributed by atoms with E-state index in [0.717, 1.165) is 43.9 Å². The molecule has 0 saturated heterocycles. The first-order valence-corrected chi connectivity index (χ1v) is 12.9. The molecule has 1 saturated carbocycles. The molecule has 1 amide bonds. The molecule has 4 aromatic rings.